The van der Waals surface area contributed by atoms with Gasteiger partial charge in [-0.2, -0.15) is 5.26 Å². The van der Waals surface area contributed by atoms with Crippen molar-refractivity contribution in [1.29, 1.82) is 5.26 Å². The molecule has 1 aromatic heterocycles. The monoisotopic (exact) mass is 353 g/mol. The van der Waals surface area contributed by atoms with Crippen LogP contribution in [-0.2, 0) is 17.8 Å². The molecule has 8 nitrogen and oxygen atoms in total. The highest BCUT2D eigenvalue weighted by Crippen LogP contribution is 2.18. The van der Waals surface area contributed by atoms with Gasteiger partial charge in [0, 0.05) is 32.2 Å². The van der Waals surface area contributed by atoms with Crippen LogP contribution in [0.1, 0.15) is 16.8 Å². The van der Waals surface area contributed by atoms with Crippen molar-refractivity contribution in [2.45, 2.75) is 13.1 Å². The van der Waals surface area contributed by atoms with Crippen molar-refractivity contribution < 1.29 is 9.66 Å². The van der Waals surface area contributed by atoms with Gasteiger partial charge in [0.25, 0.3) is 0 Å². The highest BCUT2D eigenvalue weighted by molar-refractivity contribution is 5.50. The summed E-state index contributed by atoms with van der Waals surface area (Å²) in [5, 5.41) is 22.9. The summed E-state index contributed by atoms with van der Waals surface area (Å²) in [5.74, 6) is 0.435. The molecule has 0 saturated carbocycles. The predicted molar refractivity (Wildman–Crippen MR) is 95.5 cm³/mol. The van der Waals surface area contributed by atoms with Gasteiger partial charge in [-0.3, -0.25) is 15.0 Å². The lowest BCUT2D eigenvalue weighted by molar-refractivity contribution is -0.385. The van der Waals surface area contributed by atoms with E-state index in [0.29, 0.717) is 12.4 Å². The molecule has 0 bridgehead atoms. The molecule has 0 aliphatic carbocycles. The molecule has 1 fully saturated rings. The van der Waals surface area contributed by atoms with E-state index in [9.17, 15) is 10.1 Å². The van der Waals surface area contributed by atoms with Gasteiger partial charge in [-0.05, 0) is 17.2 Å². The van der Waals surface area contributed by atoms with Gasteiger partial charge in [0.2, 0.25) is 5.69 Å². The molecule has 134 valence electrons. The number of ether oxygens (including phenoxy) is 1. The Bertz CT molecular complexity index is 811. The summed E-state index contributed by atoms with van der Waals surface area (Å²) in [6.07, 6.45) is 0. The van der Waals surface area contributed by atoms with Gasteiger partial charge in [0.1, 0.15) is 11.9 Å². The number of benzene rings is 1. The van der Waals surface area contributed by atoms with Crippen molar-refractivity contribution in [3.05, 3.63) is 63.3 Å². The van der Waals surface area contributed by atoms with Gasteiger partial charge in [0.15, 0.2) is 0 Å². The molecule has 0 radical (unpaired) electrons. The standard InChI is InChI=1S/C18H19N5O3/c19-11-16-17(23(24)25)5-6-18(21-16)20-12-14-1-3-15(4-2-14)13-22-7-9-26-10-8-22/h1-6H,7-10,12-13H2,(H,20,21). The third-order valence-electron chi connectivity index (χ3n) is 4.18. The Labute approximate surface area is 151 Å². The molecule has 1 N–H and O–H groups in total. The number of rotatable bonds is 6. The van der Waals surface area contributed by atoms with E-state index in [4.69, 9.17) is 10.00 Å². The minimum Gasteiger partial charge on any atom is -0.379 e. The zero-order chi connectivity index (χ0) is 18.4. The Morgan fingerprint density at radius 1 is 1.19 bits per heavy atom. The second-order valence-electron chi connectivity index (χ2n) is 5.99. The summed E-state index contributed by atoms with van der Waals surface area (Å²) >= 11 is 0. The smallest absolute Gasteiger partial charge is 0.305 e. The lowest BCUT2D eigenvalue weighted by Gasteiger charge is -2.26. The van der Waals surface area contributed by atoms with Gasteiger partial charge < -0.3 is 10.1 Å². The molecule has 0 unspecified atom stereocenters. The first-order valence-corrected chi connectivity index (χ1v) is 8.33. The van der Waals surface area contributed by atoms with Crippen molar-refractivity contribution in [2.75, 3.05) is 31.6 Å². The largest absolute Gasteiger partial charge is 0.379 e. The molecular formula is C18H19N5O3. The summed E-state index contributed by atoms with van der Waals surface area (Å²) in [6.45, 7) is 4.91. The number of nitriles is 1. The lowest BCUT2D eigenvalue weighted by Crippen LogP contribution is -2.35. The number of nitrogens with zero attached hydrogens (tertiary/aromatic N) is 4. The second-order valence-corrected chi connectivity index (χ2v) is 5.99. The van der Waals surface area contributed by atoms with Crippen molar-refractivity contribution in [3.63, 3.8) is 0 Å². The maximum atomic E-state index is 10.8. The number of hydrogen-bond donors (Lipinski definition) is 1. The average Bonchev–Trinajstić information content (AvgIpc) is 2.68. The third-order valence-corrected chi connectivity index (χ3v) is 4.18. The molecule has 0 amide bonds. The highest BCUT2D eigenvalue weighted by atomic mass is 16.6. The molecule has 1 aromatic carbocycles. The van der Waals surface area contributed by atoms with E-state index in [-0.39, 0.29) is 11.4 Å². The van der Waals surface area contributed by atoms with Crippen LogP contribution in [-0.4, -0.2) is 41.1 Å². The first kappa shape index (κ1) is 17.8. The number of aromatic nitrogens is 1. The fraction of sp³-hybridized carbons (Fsp3) is 0.333. The summed E-state index contributed by atoms with van der Waals surface area (Å²) < 4.78 is 5.35. The number of morpholine rings is 1. The van der Waals surface area contributed by atoms with Gasteiger partial charge in [-0.15, -0.1) is 0 Å². The van der Waals surface area contributed by atoms with E-state index < -0.39 is 4.92 Å². The van der Waals surface area contributed by atoms with Gasteiger partial charge in [-0.1, -0.05) is 24.3 Å². The molecular weight excluding hydrogens is 334 g/mol. The van der Waals surface area contributed by atoms with Crippen LogP contribution in [0.5, 0.6) is 0 Å². The van der Waals surface area contributed by atoms with Crippen LogP contribution in [0.15, 0.2) is 36.4 Å². The minimum absolute atomic E-state index is 0.194. The molecule has 0 spiro atoms. The van der Waals surface area contributed by atoms with E-state index in [1.54, 1.807) is 6.07 Å². The normalized spacial score (nSPS) is 14.6. The van der Waals surface area contributed by atoms with Gasteiger partial charge in [-0.25, -0.2) is 4.98 Å². The first-order valence-electron chi connectivity index (χ1n) is 8.33. The van der Waals surface area contributed by atoms with Crippen molar-refractivity contribution in [1.82, 2.24) is 9.88 Å². The Hall–Kier alpha value is -3.02. The molecule has 1 aliphatic rings. The van der Waals surface area contributed by atoms with Gasteiger partial charge >= 0.3 is 5.69 Å². The molecule has 3 rings (SSSR count). The van der Waals surface area contributed by atoms with Crippen molar-refractivity contribution >= 4 is 11.5 Å². The zero-order valence-corrected chi connectivity index (χ0v) is 14.2. The van der Waals surface area contributed by atoms with E-state index in [1.165, 1.54) is 17.7 Å². The minimum atomic E-state index is -0.609. The Kier molecular flexibility index (Phi) is 5.73. The summed E-state index contributed by atoms with van der Waals surface area (Å²) in [6, 6.07) is 12.8. The van der Waals surface area contributed by atoms with Crippen LogP contribution < -0.4 is 5.32 Å². The van der Waals surface area contributed by atoms with Crippen LogP contribution in [0.3, 0.4) is 0 Å². The van der Waals surface area contributed by atoms with Crippen LogP contribution in [0.2, 0.25) is 0 Å². The number of anilines is 1. The fourth-order valence-electron chi connectivity index (χ4n) is 2.75. The van der Waals surface area contributed by atoms with Crippen LogP contribution >= 0.6 is 0 Å². The first-order chi connectivity index (χ1) is 12.7. The molecule has 8 heteroatoms. The van der Waals surface area contributed by atoms with Crippen LogP contribution in [0.25, 0.3) is 0 Å². The number of nitrogens with one attached hydrogen (secondary N) is 1. The van der Waals surface area contributed by atoms with Crippen LogP contribution in [0.4, 0.5) is 11.5 Å². The average molecular weight is 353 g/mol. The maximum absolute atomic E-state index is 10.8. The molecule has 2 heterocycles. The number of nitro groups is 1. The van der Waals surface area contributed by atoms with Crippen molar-refractivity contribution in [3.8, 4) is 6.07 Å². The third kappa shape index (κ3) is 4.53. The lowest BCUT2D eigenvalue weighted by atomic mass is 10.1. The van der Waals surface area contributed by atoms with E-state index in [0.717, 1.165) is 38.4 Å². The summed E-state index contributed by atoms with van der Waals surface area (Å²) in [5.41, 5.74) is 1.83. The topological polar surface area (TPSA) is 104 Å². The summed E-state index contributed by atoms with van der Waals surface area (Å²) in [7, 11) is 0. The van der Waals surface area contributed by atoms with Crippen LogP contribution in [0, 0.1) is 21.4 Å². The van der Waals surface area contributed by atoms with Crippen molar-refractivity contribution in [2.24, 2.45) is 0 Å². The second kappa shape index (κ2) is 8.38. The van der Waals surface area contributed by atoms with Gasteiger partial charge in [0.05, 0.1) is 18.1 Å². The molecule has 0 atom stereocenters. The zero-order valence-electron chi connectivity index (χ0n) is 14.2. The Balaban J connectivity index is 1.58. The maximum Gasteiger partial charge on any atom is 0.305 e. The molecule has 2 aromatic rings. The summed E-state index contributed by atoms with van der Waals surface area (Å²) in [4.78, 5) is 16.6. The predicted octanol–water partition coefficient (Wildman–Crippen LogP) is 2.31. The number of pyridine rings is 1. The SMILES string of the molecule is N#Cc1nc(NCc2ccc(CN3CCOCC3)cc2)ccc1[N+](=O)[O-]. The van der Waals surface area contributed by atoms with E-state index >= 15 is 0 Å². The fourth-order valence-corrected chi connectivity index (χ4v) is 2.75. The molecule has 1 saturated heterocycles. The number of hydrogen-bond acceptors (Lipinski definition) is 7. The Morgan fingerprint density at radius 3 is 2.54 bits per heavy atom. The Morgan fingerprint density at radius 2 is 1.88 bits per heavy atom. The van der Waals surface area contributed by atoms with E-state index in [1.807, 2.05) is 12.1 Å². The highest BCUT2D eigenvalue weighted by Gasteiger charge is 2.15. The molecule has 26 heavy (non-hydrogen) atoms. The molecule has 1 aliphatic heterocycles. The quantitative estimate of drug-likeness (QED) is 0.627. The van der Waals surface area contributed by atoms with E-state index in [2.05, 4.69) is 27.3 Å².